The summed E-state index contributed by atoms with van der Waals surface area (Å²) in [5.74, 6) is -0.325. The molecule has 2 N–H and O–H groups in total. The fourth-order valence-electron chi connectivity index (χ4n) is 1.74. The van der Waals surface area contributed by atoms with Gasteiger partial charge in [-0.25, -0.2) is 4.39 Å². The minimum atomic E-state index is -1.47. The van der Waals surface area contributed by atoms with Crippen LogP contribution < -0.4 is 5.73 Å². The fourth-order valence-corrected chi connectivity index (χ4v) is 3.36. The molecule has 0 aliphatic heterocycles. The van der Waals surface area contributed by atoms with Crippen LogP contribution in [0.2, 0.25) is 5.02 Å². The number of halogens is 2. The second-order valence-corrected chi connectivity index (χ2v) is 5.94. The van der Waals surface area contributed by atoms with Gasteiger partial charge in [-0.3, -0.25) is 8.89 Å². The van der Waals surface area contributed by atoms with Gasteiger partial charge in [-0.15, -0.1) is 0 Å². The minimum absolute atomic E-state index is 0.143. The number of benzene rings is 1. The quantitative estimate of drug-likeness (QED) is 0.886. The highest BCUT2D eigenvalue weighted by molar-refractivity contribution is 7.84. The van der Waals surface area contributed by atoms with Crippen molar-refractivity contribution in [2.45, 2.75) is 17.6 Å². The smallest absolute Gasteiger partial charge is 0.124 e. The van der Waals surface area contributed by atoms with Crippen LogP contribution in [0.3, 0.4) is 0 Å². The summed E-state index contributed by atoms with van der Waals surface area (Å²) < 4.78 is 27.0. The molecule has 102 valence electrons. The molecule has 19 heavy (non-hydrogen) atoms. The lowest BCUT2D eigenvalue weighted by Crippen LogP contribution is -2.06. The summed E-state index contributed by atoms with van der Waals surface area (Å²) in [5.41, 5.74) is 7.32. The third-order valence-corrected chi connectivity index (χ3v) is 4.62. The average Bonchev–Trinajstić information content (AvgIpc) is 2.59. The molecule has 1 heterocycles. The van der Waals surface area contributed by atoms with Crippen LogP contribution in [0.4, 0.5) is 10.1 Å². The summed E-state index contributed by atoms with van der Waals surface area (Å²) in [6.07, 6.45) is 0. The first kappa shape index (κ1) is 14.0. The van der Waals surface area contributed by atoms with E-state index in [1.54, 1.807) is 18.7 Å². The highest BCUT2D eigenvalue weighted by Crippen LogP contribution is 2.25. The number of aryl methyl sites for hydroxylation is 2. The number of aromatic nitrogens is 2. The van der Waals surface area contributed by atoms with Crippen LogP contribution >= 0.6 is 11.6 Å². The summed E-state index contributed by atoms with van der Waals surface area (Å²) in [6, 6.07) is 3.82. The molecule has 7 heteroatoms. The third kappa shape index (κ3) is 2.79. The third-order valence-electron chi connectivity index (χ3n) is 2.75. The van der Waals surface area contributed by atoms with E-state index in [2.05, 4.69) is 5.10 Å². The van der Waals surface area contributed by atoms with E-state index >= 15 is 0 Å². The fraction of sp³-hybridized carbons (Fsp3) is 0.250. The van der Waals surface area contributed by atoms with Gasteiger partial charge in [0.2, 0.25) is 0 Å². The molecule has 1 aromatic carbocycles. The van der Waals surface area contributed by atoms with E-state index in [1.807, 2.05) is 0 Å². The van der Waals surface area contributed by atoms with Crippen molar-refractivity contribution in [1.29, 1.82) is 0 Å². The molecule has 0 aliphatic carbocycles. The van der Waals surface area contributed by atoms with Crippen molar-refractivity contribution in [2.24, 2.45) is 7.05 Å². The van der Waals surface area contributed by atoms with E-state index in [1.165, 1.54) is 18.2 Å². The topological polar surface area (TPSA) is 60.9 Å². The molecule has 1 aromatic heterocycles. The van der Waals surface area contributed by atoms with E-state index < -0.39 is 16.6 Å². The molecule has 0 saturated carbocycles. The second-order valence-electron chi connectivity index (χ2n) is 4.14. The van der Waals surface area contributed by atoms with Crippen molar-refractivity contribution in [1.82, 2.24) is 9.78 Å². The Bertz CT molecular complexity index is 657. The molecule has 0 aliphatic rings. The summed E-state index contributed by atoms with van der Waals surface area (Å²) in [7, 11) is 0.249. The monoisotopic (exact) mass is 301 g/mol. The van der Waals surface area contributed by atoms with Crippen molar-refractivity contribution in [3.8, 4) is 0 Å². The Labute approximate surface area is 117 Å². The van der Waals surface area contributed by atoms with Crippen molar-refractivity contribution in [3.63, 3.8) is 0 Å². The molecule has 0 fully saturated rings. The van der Waals surface area contributed by atoms with E-state index in [9.17, 15) is 8.60 Å². The number of nitrogens with two attached hydrogens (primary N) is 1. The number of hydrogen-bond acceptors (Lipinski definition) is 3. The number of nitrogens with zero attached hydrogens (tertiary/aromatic N) is 2. The molecule has 4 nitrogen and oxygen atoms in total. The molecule has 1 unspecified atom stereocenters. The van der Waals surface area contributed by atoms with Gasteiger partial charge in [0, 0.05) is 12.7 Å². The Morgan fingerprint density at radius 2 is 2.21 bits per heavy atom. The zero-order chi connectivity index (χ0) is 14.2. The predicted octanol–water partition coefficient (Wildman–Crippen LogP) is 2.41. The summed E-state index contributed by atoms with van der Waals surface area (Å²) in [5, 5.41) is 4.62. The average molecular weight is 302 g/mol. The van der Waals surface area contributed by atoms with E-state index in [0.29, 0.717) is 22.1 Å². The Balaban J connectivity index is 2.33. The van der Waals surface area contributed by atoms with Gasteiger partial charge >= 0.3 is 0 Å². The largest absolute Gasteiger partial charge is 0.398 e. The highest BCUT2D eigenvalue weighted by Gasteiger charge is 2.17. The molecule has 0 radical (unpaired) electrons. The lowest BCUT2D eigenvalue weighted by Gasteiger charge is -2.07. The van der Waals surface area contributed by atoms with E-state index in [0.717, 1.165) is 0 Å². The lowest BCUT2D eigenvalue weighted by atomic mass is 10.3. The summed E-state index contributed by atoms with van der Waals surface area (Å²) in [6.45, 7) is 1.77. The zero-order valence-electron chi connectivity index (χ0n) is 10.5. The van der Waals surface area contributed by atoms with Crippen LogP contribution in [0.15, 0.2) is 23.1 Å². The molecule has 0 spiro atoms. The van der Waals surface area contributed by atoms with Crippen molar-refractivity contribution in [3.05, 3.63) is 40.4 Å². The molecule has 1 atom stereocenters. The number of hydrogen-bond donors (Lipinski definition) is 1. The Morgan fingerprint density at radius 1 is 1.53 bits per heavy atom. The SMILES string of the molecule is Cc1nn(C)c(CS(=O)c2cc(F)ccc2N)c1Cl. The predicted molar refractivity (Wildman–Crippen MR) is 73.9 cm³/mol. The van der Waals surface area contributed by atoms with E-state index in [-0.39, 0.29) is 10.6 Å². The van der Waals surface area contributed by atoms with Crippen molar-refractivity contribution < 1.29 is 8.60 Å². The van der Waals surface area contributed by atoms with Crippen LogP contribution in [0.5, 0.6) is 0 Å². The summed E-state index contributed by atoms with van der Waals surface area (Å²) >= 11 is 6.09. The molecular weight excluding hydrogens is 289 g/mol. The van der Waals surface area contributed by atoms with Crippen LogP contribution in [-0.4, -0.2) is 14.0 Å². The molecule has 0 amide bonds. The highest BCUT2D eigenvalue weighted by atomic mass is 35.5. The number of anilines is 1. The normalized spacial score (nSPS) is 12.6. The number of rotatable bonds is 3. The lowest BCUT2D eigenvalue weighted by molar-refractivity contribution is 0.623. The van der Waals surface area contributed by atoms with Crippen molar-refractivity contribution >= 4 is 28.1 Å². The first-order valence-corrected chi connectivity index (χ1v) is 7.21. The molecule has 2 aromatic rings. The molecule has 2 rings (SSSR count). The van der Waals surface area contributed by atoms with Gasteiger partial charge in [0.05, 0.1) is 37.9 Å². The summed E-state index contributed by atoms with van der Waals surface area (Å²) in [4.78, 5) is 0.273. The molecule has 0 saturated heterocycles. The molecular formula is C12H13ClFN3OS. The van der Waals surface area contributed by atoms with Crippen LogP contribution in [-0.2, 0) is 23.6 Å². The maximum atomic E-state index is 13.2. The van der Waals surface area contributed by atoms with Crippen LogP contribution in [0.1, 0.15) is 11.4 Å². The van der Waals surface area contributed by atoms with Gasteiger partial charge < -0.3 is 5.73 Å². The Kier molecular flexibility index (Phi) is 3.91. The van der Waals surface area contributed by atoms with Crippen molar-refractivity contribution in [2.75, 3.05) is 5.73 Å². The van der Waals surface area contributed by atoms with Gasteiger partial charge in [0.25, 0.3) is 0 Å². The van der Waals surface area contributed by atoms with Crippen LogP contribution in [0.25, 0.3) is 0 Å². The maximum Gasteiger partial charge on any atom is 0.124 e. The van der Waals surface area contributed by atoms with Crippen LogP contribution in [0, 0.1) is 12.7 Å². The van der Waals surface area contributed by atoms with Gasteiger partial charge in [-0.2, -0.15) is 5.10 Å². The first-order chi connectivity index (χ1) is 8.90. The zero-order valence-corrected chi connectivity index (χ0v) is 12.1. The van der Waals surface area contributed by atoms with Gasteiger partial charge in [-0.1, -0.05) is 11.6 Å². The Hall–Kier alpha value is -1.40. The molecule has 0 bridgehead atoms. The first-order valence-electron chi connectivity index (χ1n) is 5.51. The standard InChI is InChI=1S/C12H13ClFN3OS/c1-7-12(13)10(17(2)16-7)6-19(18)11-5-8(14)3-4-9(11)15/h3-5H,6,15H2,1-2H3. The second kappa shape index (κ2) is 5.30. The number of nitrogen functional groups attached to an aromatic ring is 1. The maximum absolute atomic E-state index is 13.2. The van der Waals surface area contributed by atoms with E-state index in [4.69, 9.17) is 17.3 Å². The minimum Gasteiger partial charge on any atom is -0.398 e. The van der Waals surface area contributed by atoms with Gasteiger partial charge in [0.1, 0.15) is 5.82 Å². The van der Waals surface area contributed by atoms with Gasteiger partial charge in [0.15, 0.2) is 0 Å². The Morgan fingerprint density at radius 3 is 2.79 bits per heavy atom. The van der Waals surface area contributed by atoms with Gasteiger partial charge in [-0.05, 0) is 25.1 Å².